The van der Waals surface area contributed by atoms with Gasteiger partial charge in [0.2, 0.25) is 5.76 Å². The van der Waals surface area contributed by atoms with Crippen molar-refractivity contribution >= 4 is 5.97 Å². The number of carbonyl (C=O) groups excluding carboxylic acids is 1. The molecule has 0 amide bonds. The van der Waals surface area contributed by atoms with E-state index in [2.05, 4.69) is 4.74 Å². The van der Waals surface area contributed by atoms with Crippen LogP contribution in [-0.4, -0.2) is 18.2 Å². The zero-order chi connectivity index (χ0) is 17.1. The summed E-state index contributed by atoms with van der Waals surface area (Å²) in [6, 6.07) is 17.4. The third-order valence-corrected chi connectivity index (χ3v) is 3.60. The van der Waals surface area contributed by atoms with E-state index in [9.17, 15) is 14.7 Å². The largest absolute Gasteiger partial charge is 0.506 e. The normalized spacial score (nSPS) is 10.4. The molecule has 0 fully saturated rings. The monoisotopic (exact) mass is 322 g/mol. The summed E-state index contributed by atoms with van der Waals surface area (Å²) in [4.78, 5) is 24.3. The first-order valence-corrected chi connectivity index (χ1v) is 7.22. The maximum absolute atomic E-state index is 12.3. The minimum Gasteiger partial charge on any atom is -0.506 e. The molecule has 24 heavy (non-hydrogen) atoms. The van der Waals surface area contributed by atoms with Gasteiger partial charge in [0.25, 0.3) is 0 Å². The van der Waals surface area contributed by atoms with E-state index < -0.39 is 11.6 Å². The summed E-state index contributed by atoms with van der Waals surface area (Å²) in [5.74, 6) is -1.48. The molecule has 2 aromatic carbocycles. The van der Waals surface area contributed by atoms with Crippen molar-refractivity contribution in [2.24, 2.45) is 0 Å². The average molecular weight is 322 g/mol. The molecule has 0 saturated carbocycles. The van der Waals surface area contributed by atoms with E-state index in [1.165, 1.54) is 7.11 Å². The molecule has 1 heterocycles. The van der Waals surface area contributed by atoms with Crippen molar-refractivity contribution in [3.05, 3.63) is 76.8 Å². The summed E-state index contributed by atoms with van der Waals surface area (Å²) in [5, 5.41) is 10.7. The second kappa shape index (κ2) is 6.42. The Hall–Kier alpha value is -3.34. The first-order chi connectivity index (χ1) is 11.6. The Kier molecular flexibility index (Phi) is 4.16. The van der Waals surface area contributed by atoms with Gasteiger partial charge in [0.15, 0.2) is 0 Å². The first kappa shape index (κ1) is 15.6. The molecule has 1 N–H and O–H groups in total. The number of rotatable bonds is 3. The smallest absolute Gasteiger partial charge is 0.374 e. The number of carbonyl (C=O) groups is 1. The second-order valence-corrected chi connectivity index (χ2v) is 5.04. The summed E-state index contributed by atoms with van der Waals surface area (Å²) >= 11 is 0. The lowest BCUT2D eigenvalue weighted by molar-refractivity contribution is 0.0560. The van der Waals surface area contributed by atoms with E-state index in [1.807, 2.05) is 0 Å². The zero-order valence-electron chi connectivity index (χ0n) is 12.9. The van der Waals surface area contributed by atoms with Gasteiger partial charge in [-0.1, -0.05) is 60.7 Å². The predicted octanol–water partition coefficient (Wildman–Crippen LogP) is 3.47. The molecule has 3 aromatic rings. The van der Waals surface area contributed by atoms with Crippen molar-refractivity contribution in [2.75, 3.05) is 7.11 Å². The Morgan fingerprint density at radius 2 is 1.42 bits per heavy atom. The van der Waals surface area contributed by atoms with Gasteiger partial charge in [0, 0.05) is 0 Å². The van der Waals surface area contributed by atoms with Crippen LogP contribution in [-0.2, 0) is 4.74 Å². The fraction of sp³-hybridized carbons (Fsp3) is 0.0526. The number of hydrogen-bond donors (Lipinski definition) is 1. The highest BCUT2D eigenvalue weighted by molar-refractivity contribution is 5.98. The van der Waals surface area contributed by atoms with Crippen LogP contribution in [0.1, 0.15) is 10.6 Å². The minimum atomic E-state index is -0.833. The topological polar surface area (TPSA) is 76.7 Å². The second-order valence-electron chi connectivity index (χ2n) is 5.04. The summed E-state index contributed by atoms with van der Waals surface area (Å²) < 4.78 is 9.86. The standard InChI is InChI=1S/C19H14O5/c1-23-19(22)17-14(12-8-4-2-5-9-12)16(20)15(18(21)24-17)13-10-6-3-7-11-13/h2-11,20H,1H3. The van der Waals surface area contributed by atoms with Crippen molar-refractivity contribution in [2.45, 2.75) is 0 Å². The van der Waals surface area contributed by atoms with Crippen LogP contribution < -0.4 is 5.63 Å². The Labute approximate surface area is 137 Å². The molecule has 0 radical (unpaired) electrons. The van der Waals surface area contributed by atoms with Gasteiger partial charge >= 0.3 is 11.6 Å². The molecule has 0 aliphatic heterocycles. The van der Waals surface area contributed by atoms with Gasteiger partial charge in [-0.3, -0.25) is 0 Å². The number of esters is 1. The van der Waals surface area contributed by atoms with Gasteiger partial charge in [-0.05, 0) is 11.1 Å². The fourth-order valence-corrected chi connectivity index (χ4v) is 2.49. The van der Waals surface area contributed by atoms with E-state index in [0.717, 1.165) is 0 Å². The third-order valence-electron chi connectivity index (χ3n) is 3.60. The molecule has 0 aliphatic rings. The van der Waals surface area contributed by atoms with Gasteiger partial charge < -0.3 is 14.3 Å². The Balaban J connectivity index is 2.37. The molecule has 0 unspecified atom stereocenters. The average Bonchev–Trinajstić information content (AvgIpc) is 2.62. The quantitative estimate of drug-likeness (QED) is 0.747. The lowest BCUT2D eigenvalue weighted by atomic mass is 9.98. The molecular formula is C19H14O5. The van der Waals surface area contributed by atoms with Crippen LogP contribution in [0.3, 0.4) is 0 Å². The van der Waals surface area contributed by atoms with Crippen LogP contribution in [0.2, 0.25) is 0 Å². The number of benzene rings is 2. The lowest BCUT2D eigenvalue weighted by Gasteiger charge is -2.12. The molecule has 1 aromatic heterocycles. The van der Waals surface area contributed by atoms with Crippen LogP contribution in [0, 0.1) is 0 Å². The zero-order valence-corrected chi connectivity index (χ0v) is 12.9. The number of aromatic hydroxyl groups is 1. The number of methoxy groups -OCH3 is 1. The predicted molar refractivity (Wildman–Crippen MR) is 88.9 cm³/mol. The fourth-order valence-electron chi connectivity index (χ4n) is 2.49. The highest BCUT2D eigenvalue weighted by atomic mass is 16.5. The van der Waals surface area contributed by atoms with Crippen LogP contribution in [0.25, 0.3) is 22.3 Å². The van der Waals surface area contributed by atoms with Crippen LogP contribution in [0.5, 0.6) is 5.75 Å². The van der Waals surface area contributed by atoms with Gasteiger partial charge in [-0.2, -0.15) is 0 Å². The molecule has 3 rings (SSSR count). The highest BCUT2D eigenvalue weighted by Crippen LogP contribution is 2.38. The molecule has 0 atom stereocenters. The molecule has 0 saturated heterocycles. The molecule has 120 valence electrons. The number of hydrogen-bond acceptors (Lipinski definition) is 5. The van der Waals surface area contributed by atoms with Crippen molar-refractivity contribution < 1.29 is 19.1 Å². The Morgan fingerprint density at radius 3 is 1.92 bits per heavy atom. The van der Waals surface area contributed by atoms with Crippen molar-refractivity contribution in [3.8, 4) is 28.0 Å². The van der Waals surface area contributed by atoms with Gasteiger partial charge in [-0.25, -0.2) is 9.59 Å². The lowest BCUT2D eigenvalue weighted by Crippen LogP contribution is -2.12. The number of ether oxygens (including phenoxy) is 1. The van der Waals surface area contributed by atoms with E-state index in [0.29, 0.717) is 11.1 Å². The Morgan fingerprint density at radius 1 is 0.917 bits per heavy atom. The SMILES string of the molecule is COC(=O)c1oc(=O)c(-c2ccccc2)c(O)c1-c1ccccc1. The van der Waals surface area contributed by atoms with E-state index >= 15 is 0 Å². The van der Waals surface area contributed by atoms with Gasteiger partial charge in [0.1, 0.15) is 11.3 Å². The van der Waals surface area contributed by atoms with Crippen LogP contribution in [0.15, 0.2) is 69.9 Å². The first-order valence-electron chi connectivity index (χ1n) is 7.22. The minimum absolute atomic E-state index is 0.00195. The highest BCUT2D eigenvalue weighted by Gasteiger charge is 2.26. The molecular weight excluding hydrogens is 308 g/mol. The summed E-state index contributed by atoms with van der Waals surface area (Å²) in [6.45, 7) is 0. The van der Waals surface area contributed by atoms with Crippen molar-refractivity contribution in [1.82, 2.24) is 0 Å². The summed E-state index contributed by atoms with van der Waals surface area (Å²) in [7, 11) is 1.18. The molecule has 5 nitrogen and oxygen atoms in total. The van der Waals surface area contributed by atoms with Gasteiger partial charge in [0.05, 0.1) is 12.7 Å². The van der Waals surface area contributed by atoms with Gasteiger partial charge in [-0.15, -0.1) is 0 Å². The summed E-state index contributed by atoms with van der Waals surface area (Å²) in [6.07, 6.45) is 0. The molecule has 0 aliphatic carbocycles. The van der Waals surface area contributed by atoms with E-state index in [1.54, 1.807) is 60.7 Å². The van der Waals surface area contributed by atoms with E-state index in [-0.39, 0.29) is 22.6 Å². The summed E-state index contributed by atoms with van der Waals surface area (Å²) in [5.41, 5.74) is 0.357. The maximum atomic E-state index is 12.3. The third kappa shape index (κ3) is 2.67. The van der Waals surface area contributed by atoms with E-state index in [4.69, 9.17) is 4.42 Å². The molecule has 5 heteroatoms. The van der Waals surface area contributed by atoms with Crippen LogP contribution in [0.4, 0.5) is 0 Å². The van der Waals surface area contributed by atoms with Crippen molar-refractivity contribution in [1.29, 1.82) is 0 Å². The molecule has 0 spiro atoms. The Bertz CT molecular complexity index is 927. The molecule has 0 bridgehead atoms. The van der Waals surface area contributed by atoms with Crippen molar-refractivity contribution in [3.63, 3.8) is 0 Å². The van der Waals surface area contributed by atoms with Crippen LogP contribution >= 0.6 is 0 Å². The maximum Gasteiger partial charge on any atom is 0.374 e.